The number of nitrogens with zero attached hydrogens (tertiary/aromatic N) is 1. The first-order valence-corrected chi connectivity index (χ1v) is 8.64. The highest BCUT2D eigenvalue weighted by Crippen LogP contribution is 2.33. The molecule has 0 atom stereocenters. The van der Waals surface area contributed by atoms with Crippen molar-refractivity contribution in [1.82, 2.24) is 0 Å². The molecule has 1 aliphatic rings. The number of benzodiazepines with no additional fused rings is 1. The zero-order chi connectivity index (χ0) is 19.7. The number of hydrogen-bond acceptors (Lipinski definition) is 2. The lowest BCUT2D eigenvalue weighted by molar-refractivity contribution is -0.137. The van der Waals surface area contributed by atoms with Gasteiger partial charge in [0.25, 0.3) is 0 Å². The van der Waals surface area contributed by atoms with Crippen molar-refractivity contribution in [3.63, 3.8) is 0 Å². The maximum absolute atomic E-state index is 12.9. The van der Waals surface area contributed by atoms with Gasteiger partial charge in [0, 0.05) is 11.1 Å². The molecule has 0 unspecified atom stereocenters. The van der Waals surface area contributed by atoms with Crippen LogP contribution in [0.4, 0.5) is 18.9 Å². The van der Waals surface area contributed by atoms with E-state index in [-0.39, 0.29) is 12.5 Å². The fraction of sp³-hybridized carbons (Fsp3) is 0.0909. The van der Waals surface area contributed by atoms with Crippen molar-refractivity contribution in [3.8, 4) is 11.1 Å². The number of para-hydroxylation sites is 1. The average molecular weight is 380 g/mol. The molecule has 0 radical (unpaired) electrons. The van der Waals surface area contributed by atoms with E-state index >= 15 is 0 Å². The van der Waals surface area contributed by atoms with Crippen LogP contribution in [-0.2, 0) is 11.0 Å². The number of benzene rings is 3. The van der Waals surface area contributed by atoms with Crippen molar-refractivity contribution in [2.45, 2.75) is 6.18 Å². The number of halogens is 3. The van der Waals surface area contributed by atoms with Crippen molar-refractivity contribution < 1.29 is 18.0 Å². The number of alkyl halides is 3. The smallest absolute Gasteiger partial charge is 0.324 e. The minimum atomic E-state index is -4.38. The molecule has 0 saturated carbocycles. The molecule has 0 fully saturated rings. The van der Waals surface area contributed by atoms with Crippen LogP contribution >= 0.6 is 0 Å². The monoisotopic (exact) mass is 380 g/mol. The van der Waals surface area contributed by atoms with Gasteiger partial charge in [0.2, 0.25) is 5.91 Å². The fourth-order valence-electron chi connectivity index (χ4n) is 3.23. The summed E-state index contributed by atoms with van der Waals surface area (Å²) in [6, 6.07) is 19.7. The Morgan fingerprint density at radius 2 is 1.39 bits per heavy atom. The van der Waals surface area contributed by atoms with Crippen LogP contribution in [0.25, 0.3) is 11.1 Å². The van der Waals surface area contributed by atoms with Crippen molar-refractivity contribution in [3.05, 3.63) is 89.5 Å². The van der Waals surface area contributed by atoms with Crippen LogP contribution < -0.4 is 5.32 Å². The van der Waals surface area contributed by atoms with Gasteiger partial charge in [0.1, 0.15) is 6.54 Å². The third-order valence-corrected chi connectivity index (χ3v) is 4.54. The SMILES string of the molecule is O=C1CN=C(c2ccccc2-c2ccc(C(F)(F)F)cc2)c2ccccc2N1. The van der Waals surface area contributed by atoms with Crippen LogP contribution in [0.5, 0.6) is 0 Å². The predicted octanol–water partition coefficient (Wildman–Crippen LogP) is 5.16. The third kappa shape index (κ3) is 3.41. The fourth-order valence-corrected chi connectivity index (χ4v) is 3.23. The van der Waals surface area contributed by atoms with Crippen LogP contribution in [0.2, 0.25) is 0 Å². The first-order chi connectivity index (χ1) is 13.4. The largest absolute Gasteiger partial charge is 0.416 e. The molecule has 0 saturated heterocycles. The molecule has 1 amide bonds. The Morgan fingerprint density at radius 1 is 0.786 bits per heavy atom. The number of carbonyl (C=O) groups is 1. The summed E-state index contributed by atoms with van der Waals surface area (Å²) in [4.78, 5) is 16.5. The molecule has 4 rings (SSSR count). The Labute approximate surface area is 159 Å². The van der Waals surface area contributed by atoms with Gasteiger partial charge in [0.05, 0.1) is 17.0 Å². The van der Waals surface area contributed by atoms with Crippen molar-refractivity contribution in [2.24, 2.45) is 4.99 Å². The van der Waals surface area contributed by atoms with Gasteiger partial charge in [-0.3, -0.25) is 9.79 Å². The topological polar surface area (TPSA) is 41.5 Å². The van der Waals surface area contributed by atoms with Gasteiger partial charge in [-0.05, 0) is 29.3 Å². The van der Waals surface area contributed by atoms with Crippen molar-refractivity contribution in [1.29, 1.82) is 0 Å². The minimum Gasteiger partial charge on any atom is -0.324 e. The second-order valence-electron chi connectivity index (χ2n) is 6.38. The maximum atomic E-state index is 12.9. The Balaban J connectivity index is 1.84. The molecular formula is C22H15F3N2O. The first-order valence-electron chi connectivity index (χ1n) is 8.64. The average Bonchev–Trinajstić information content (AvgIpc) is 2.85. The number of carbonyl (C=O) groups excluding carboxylic acids is 1. The number of fused-ring (bicyclic) bond motifs is 1. The van der Waals surface area contributed by atoms with Crippen molar-refractivity contribution >= 4 is 17.3 Å². The van der Waals surface area contributed by atoms with Crippen molar-refractivity contribution in [2.75, 3.05) is 11.9 Å². The summed E-state index contributed by atoms with van der Waals surface area (Å²) in [5.41, 5.74) is 3.52. The molecule has 140 valence electrons. The summed E-state index contributed by atoms with van der Waals surface area (Å²) in [7, 11) is 0. The van der Waals surface area contributed by atoms with E-state index in [0.717, 1.165) is 28.8 Å². The normalized spacial score (nSPS) is 14.0. The van der Waals surface area contributed by atoms with Gasteiger partial charge in [0.15, 0.2) is 0 Å². The molecule has 3 aromatic rings. The highest BCUT2D eigenvalue weighted by atomic mass is 19.4. The number of rotatable bonds is 2. The summed E-state index contributed by atoms with van der Waals surface area (Å²) in [6.07, 6.45) is -4.38. The van der Waals surface area contributed by atoms with E-state index in [1.54, 1.807) is 6.07 Å². The van der Waals surface area contributed by atoms with E-state index < -0.39 is 11.7 Å². The lowest BCUT2D eigenvalue weighted by Crippen LogP contribution is -2.13. The van der Waals surface area contributed by atoms with E-state index in [2.05, 4.69) is 10.3 Å². The van der Waals surface area contributed by atoms with Gasteiger partial charge in [-0.25, -0.2) is 0 Å². The molecule has 1 aliphatic heterocycles. The van der Waals surface area contributed by atoms with E-state index in [4.69, 9.17) is 0 Å². The van der Waals surface area contributed by atoms with Crippen LogP contribution in [0.3, 0.4) is 0 Å². The highest BCUT2D eigenvalue weighted by molar-refractivity contribution is 6.21. The van der Waals surface area contributed by atoms with E-state index in [1.807, 2.05) is 42.5 Å². The molecule has 6 heteroatoms. The molecule has 1 N–H and O–H groups in total. The number of anilines is 1. The predicted molar refractivity (Wildman–Crippen MR) is 102 cm³/mol. The highest BCUT2D eigenvalue weighted by Gasteiger charge is 2.30. The van der Waals surface area contributed by atoms with Crippen LogP contribution in [0, 0.1) is 0 Å². The van der Waals surface area contributed by atoms with Crippen LogP contribution in [0.15, 0.2) is 77.8 Å². The molecular weight excluding hydrogens is 365 g/mol. The first kappa shape index (κ1) is 18.0. The summed E-state index contributed by atoms with van der Waals surface area (Å²) in [6.45, 7) is -0.0225. The molecule has 1 heterocycles. The quantitative estimate of drug-likeness (QED) is 0.655. The molecule has 0 aliphatic carbocycles. The lowest BCUT2D eigenvalue weighted by atomic mass is 9.92. The van der Waals surface area contributed by atoms with E-state index in [1.165, 1.54) is 12.1 Å². The zero-order valence-corrected chi connectivity index (χ0v) is 14.6. The lowest BCUT2D eigenvalue weighted by Gasteiger charge is -2.14. The maximum Gasteiger partial charge on any atom is 0.416 e. The zero-order valence-electron chi connectivity index (χ0n) is 14.6. The Kier molecular flexibility index (Phi) is 4.47. The van der Waals surface area contributed by atoms with Crippen LogP contribution in [0.1, 0.15) is 16.7 Å². The second-order valence-corrected chi connectivity index (χ2v) is 6.38. The Bertz CT molecular complexity index is 1070. The van der Waals surface area contributed by atoms with Gasteiger partial charge < -0.3 is 5.32 Å². The molecule has 3 aromatic carbocycles. The van der Waals surface area contributed by atoms with Gasteiger partial charge in [-0.15, -0.1) is 0 Å². The summed E-state index contributed by atoms with van der Waals surface area (Å²) >= 11 is 0. The van der Waals surface area contributed by atoms with Gasteiger partial charge in [-0.2, -0.15) is 13.2 Å². The van der Waals surface area contributed by atoms with Gasteiger partial charge >= 0.3 is 6.18 Å². The van der Waals surface area contributed by atoms with E-state index in [9.17, 15) is 18.0 Å². The summed E-state index contributed by atoms with van der Waals surface area (Å²) < 4.78 is 38.6. The number of hydrogen-bond donors (Lipinski definition) is 1. The minimum absolute atomic E-state index is 0.0225. The Morgan fingerprint density at radius 3 is 2.07 bits per heavy atom. The summed E-state index contributed by atoms with van der Waals surface area (Å²) in [5.74, 6) is -0.213. The third-order valence-electron chi connectivity index (χ3n) is 4.54. The number of aliphatic imine (C=N–C) groups is 1. The standard InChI is InChI=1S/C22H15F3N2O/c23-22(24,25)15-11-9-14(10-12-15)16-5-1-2-6-17(16)21-18-7-3-4-8-19(18)27-20(28)13-26-21/h1-12H,13H2,(H,27,28). The molecule has 0 spiro atoms. The van der Waals surface area contributed by atoms with E-state index in [0.29, 0.717) is 17.0 Å². The van der Waals surface area contributed by atoms with Gasteiger partial charge in [-0.1, -0.05) is 54.6 Å². The molecule has 28 heavy (non-hydrogen) atoms. The Hall–Kier alpha value is -3.41. The molecule has 0 aromatic heterocycles. The molecule has 3 nitrogen and oxygen atoms in total. The second kappa shape index (κ2) is 6.96. The van der Waals surface area contributed by atoms with Crippen LogP contribution in [-0.4, -0.2) is 18.2 Å². The molecule has 0 bridgehead atoms. The number of nitrogens with one attached hydrogen (secondary N) is 1. The number of amides is 1. The summed E-state index contributed by atoms with van der Waals surface area (Å²) in [5, 5.41) is 2.83.